The van der Waals surface area contributed by atoms with Crippen molar-refractivity contribution in [1.82, 2.24) is 10.4 Å². The lowest BCUT2D eigenvalue weighted by molar-refractivity contribution is 0.0705. The maximum absolute atomic E-state index is 14.4. The van der Waals surface area contributed by atoms with E-state index in [1.165, 1.54) is 6.07 Å². The zero-order valence-electron chi connectivity index (χ0n) is 11.7. The first-order chi connectivity index (χ1) is 9.52. The first-order valence-electron chi connectivity index (χ1n) is 7.05. The predicted octanol–water partition coefficient (Wildman–Crippen LogP) is 2.27. The highest BCUT2D eigenvalue weighted by atomic mass is 19.1. The molecule has 108 valence electrons. The van der Waals surface area contributed by atoms with Crippen LogP contribution in [0.2, 0.25) is 0 Å². The number of nitrogens with zero attached hydrogens (tertiary/aromatic N) is 1. The number of nitrogens with one attached hydrogen (secondary N) is 1. The van der Waals surface area contributed by atoms with Crippen LogP contribution in [0.15, 0.2) is 12.1 Å². The average Bonchev–Trinajstić information content (AvgIpc) is 2.73. The summed E-state index contributed by atoms with van der Waals surface area (Å²) in [6.07, 6.45) is 1.70. The third-order valence-electron chi connectivity index (χ3n) is 4.89. The lowest BCUT2D eigenvalue weighted by Crippen LogP contribution is -2.37. The molecule has 0 aliphatic carbocycles. The van der Waals surface area contributed by atoms with Gasteiger partial charge in [-0.1, -0.05) is 6.92 Å². The van der Waals surface area contributed by atoms with Crippen molar-refractivity contribution in [1.29, 1.82) is 0 Å². The molecule has 3 rings (SSSR count). The highest BCUT2D eigenvalue weighted by Gasteiger charge is 2.41. The molecule has 0 unspecified atom stereocenters. The van der Waals surface area contributed by atoms with Crippen LogP contribution < -0.4 is 5.48 Å². The van der Waals surface area contributed by atoms with Gasteiger partial charge in [0.15, 0.2) is 0 Å². The number of amides is 1. The first-order valence-corrected chi connectivity index (χ1v) is 7.05. The lowest BCUT2D eigenvalue weighted by atomic mass is 9.89. The van der Waals surface area contributed by atoms with E-state index in [-0.39, 0.29) is 17.4 Å². The molecule has 0 saturated carbocycles. The van der Waals surface area contributed by atoms with Crippen LogP contribution in [0.1, 0.15) is 47.8 Å². The Bertz CT molecular complexity index is 561. The summed E-state index contributed by atoms with van der Waals surface area (Å²) in [5, 5.41) is 8.67. The molecule has 3 atom stereocenters. The standard InChI is InChI=1S/C15H19FN2O2/c1-8-5-13-14-10(3-4-18(13)9(8)2)6-11(7-12(14)16)15(19)17-20/h6-9,13,20H,3-5H2,1-2H3,(H,17,19)/t8-,9-,13+/m0/s1. The van der Waals surface area contributed by atoms with Gasteiger partial charge < -0.3 is 0 Å². The third-order valence-corrected chi connectivity index (χ3v) is 4.89. The Morgan fingerprint density at radius 2 is 2.20 bits per heavy atom. The monoisotopic (exact) mass is 278 g/mol. The second kappa shape index (κ2) is 4.82. The van der Waals surface area contributed by atoms with Gasteiger partial charge in [0.25, 0.3) is 5.91 Å². The number of rotatable bonds is 1. The molecule has 5 heteroatoms. The Morgan fingerprint density at radius 3 is 2.90 bits per heavy atom. The topological polar surface area (TPSA) is 52.6 Å². The normalized spacial score (nSPS) is 28.9. The average molecular weight is 278 g/mol. The fourth-order valence-corrected chi connectivity index (χ4v) is 3.64. The number of halogens is 1. The van der Waals surface area contributed by atoms with Gasteiger partial charge >= 0.3 is 0 Å². The van der Waals surface area contributed by atoms with Crippen molar-refractivity contribution in [3.8, 4) is 0 Å². The minimum atomic E-state index is -0.665. The Labute approximate surface area is 117 Å². The van der Waals surface area contributed by atoms with E-state index < -0.39 is 5.91 Å². The lowest BCUT2D eigenvalue weighted by Gasteiger charge is -2.35. The molecule has 1 aromatic rings. The summed E-state index contributed by atoms with van der Waals surface area (Å²) in [6, 6.07) is 3.51. The second-order valence-electron chi connectivity index (χ2n) is 5.93. The molecule has 20 heavy (non-hydrogen) atoms. The maximum Gasteiger partial charge on any atom is 0.274 e. The van der Waals surface area contributed by atoms with Gasteiger partial charge in [-0.2, -0.15) is 0 Å². The van der Waals surface area contributed by atoms with Crippen molar-refractivity contribution in [2.45, 2.75) is 38.8 Å². The summed E-state index contributed by atoms with van der Waals surface area (Å²) < 4.78 is 14.4. The third kappa shape index (κ3) is 1.93. The van der Waals surface area contributed by atoms with Crippen LogP contribution >= 0.6 is 0 Å². The molecular weight excluding hydrogens is 259 g/mol. The van der Waals surface area contributed by atoms with Crippen molar-refractivity contribution in [2.24, 2.45) is 5.92 Å². The largest absolute Gasteiger partial charge is 0.293 e. The molecule has 1 fully saturated rings. The Kier molecular flexibility index (Phi) is 3.26. The van der Waals surface area contributed by atoms with E-state index in [0.717, 1.165) is 30.5 Å². The number of hydrogen-bond donors (Lipinski definition) is 2. The number of hydroxylamine groups is 1. The van der Waals surface area contributed by atoms with E-state index in [1.54, 1.807) is 11.5 Å². The minimum Gasteiger partial charge on any atom is -0.293 e. The number of fused-ring (bicyclic) bond motifs is 3. The molecule has 2 aliphatic rings. The summed E-state index contributed by atoms with van der Waals surface area (Å²) in [4.78, 5) is 13.8. The maximum atomic E-state index is 14.4. The fraction of sp³-hybridized carbons (Fsp3) is 0.533. The van der Waals surface area contributed by atoms with Gasteiger partial charge in [-0.3, -0.25) is 14.9 Å². The van der Waals surface area contributed by atoms with E-state index in [1.807, 2.05) is 0 Å². The Hall–Kier alpha value is -1.46. The minimum absolute atomic E-state index is 0.120. The SMILES string of the molecule is C[C@H]1C[C@@H]2c3c(F)cc(C(=O)NO)cc3CCN2[C@H]1C. The number of hydrogen-bond acceptors (Lipinski definition) is 3. The van der Waals surface area contributed by atoms with Crippen molar-refractivity contribution in [3.63, 3.8) is 0 Å². The second-order valence-corrected chi connectivity index (χ2v) is 5.93. The fourth-order valence-electron chi connectivity index (χ4n) is 3.64. The smallest absolute Gasteiger partial charge is 0.274 e. The van der Waals surface area contributed by atoms with E-state index in [4.69, 9.17) is 5.21 Å². The Morgan fingerprint density at radius 1 is 1.45 bits per heavy atom. The highest BCUT2D eigenvalue weighted by Crippen LogP contribution is 2.44. The van der Waals surface area contributed by atoms with Crippen LogP contribution in [0.5, 0.6) is 0 Å². The van der Waals surface area contributed by atoms with E-state index >= 15 is 0 Å². The van der Waals surface area contributed by atoms with Gasteiger partial charge in [0.05, 0.1) is 0 Å². The quantitative estimate of drug-likeness (QED) is 0.612. The van der Waals surface area contributed by atoms with E-state index in [0.29, 0.717) is 12.0 Å². The van der Waals surface area contributed by atoms with Gasteiger partial charge in [-0.05, 0) is 43.4 Å². The first kappa shape index (κ1) is 13.5. The molecule has 0 spiro atoms. The van der Waals surface area contributed by atoms with Crippen LogP contribution in [0.25, 0.3) is 0 Å². The molecule has 1 saturated heterocycles. The zero-order valence-corrected chi connectivity index (χ0v) is 11.7. The molecule has 1 aromatic carbocycles. The Balaban J connectivity index is 2.04. The molecule has 2 N–H and O–H groups in total. The summed E-state index contributed by atoms with van der Waals surface area (Å²) in [7, 11) is 0. The van der Waals surface area contributed by atoms with Crippen LogP contribution in [-0.4, -0.2) is 28.6 Å². The van der Waals surface area contributed by atoms with Crippen LogP contribution in [0.4, 0.5) is 4.39 Å². The van der Waals surface area contributed by atoms with Crippen molar-refractivity contribution >= 4 is 5.91 Å². The number of carbonyl (C=O) groups is 1. The highest BCUT2D eigenvalue weighted by molar-refractivity contribution is 5.93. The van der Waals surface area contributed by atoms with Crippen LogP contribution in [0.3, 0.4) is 0 Å². The van der Waals surface area contributed by atoms with Crippen LogP contribution in [0, 0.1) is 11.7 Å². The van der Waals surface area contributed by atoms with Crippen molar-refractivity contribution in [2.75, 3.05) is 6.54 Å². The number of carbonyl (C=O) groups excluding carboxylic acids is 1. The summed E-state index contributed by atoms with van der Waals surface area (Å²) in [6.45, 7) is 5.29. The number of benzene rings is 1. The molecule has 2 aliphatic heterocycles. The molecule has 2 heterocycles. The van der Waals surface area contributed by atoms with Gasteiger partial charge in [0.2, 0.25) is 0 Å². The molecule has 4 nitrogen and oxygen atoms in total. The molecule has 0 aromatic heterocycles. The summed E-state index contributed by atoms with van der Waals surface area (Å²) in [5.41, 5.74) is 3.37. The summed E-state index contributed by atoms with van der Waals surface area (Å²) >= 11 is 0. The van der Waals surface area contributed by atoms with Gasteiger partial charge in [-0.15, -0.1) is 0 Å². The van der Waals surface area contributed by atoms with Gasteiger partial charge in [-0.25, -0.2) is 9.87 Å². The van der Waals surface area contributed by atoms with Crippen LogP contribution in [-0.2, 0) is 6.42 Å². The van der Waals surface area contributed by atoms with Crippen molar-refractivity contribution < 1.29 is 14.4 Å². The molecule has 0 radical (unpaired) electrons. The van der Waals surface area contributed by atoms with Gasteiger partial charge in [0, 0.05) is 29.8 Å². The zero-order chi connectivity index (χ0) is 14.4. The van der Waals surface area contributed by atoms with E-state index in [2.05, 4.69) is 18.7 Å². The van der Waals surface area contributed by atoms with Crippen molar-refractivity contribution in [3.05, 3.63) is 34.6 Å². The summed E-state index contributed by atoms with van der Waals surface area (Å²) in [5.74, 6) is -0.454. The molecule has 0 bridgehead atoms. The van der Waals surface area contributed by atoms with Gasteiger partial charge in [0.1, 0.15) is 5.82 Å². The molecular formula is C15H19FN2O2. The predicted molar refractivity (Wildman–Crippen MR) is 72.0 cm³/mol. The van der Waals surface area contributed by atoms with E-state index in [9.17, 15) is 9.18 Å². The molecule has 1 amide bonds.